The second-order valence-corrected chi connectivity index (χ2v) is 6.56. The molecule has 6 heteroatoms. The molecule has 0 aliphatic carbocycles. The Balaban J connectivity index is 2.11. The van der Waals surface area contributed by atoms with Gasteiger partial charge >= 0.3 is 0 Å². The molecule has 0 bridgehead atoms. The lowest BCUT2D eigenvalue weighted by molar-refractivity contribution is -0.120. The number of nitrogens with zero attached hydrogens (tertiary/aromatic N) is 1. The van der Waals surface area contributed by atoms with Gasteiger partial charge in [-0.2, -0.15) is 4.37 Å². The largest absolute Gasteiger partial charge is 0.382 e. The van der Waals surface area contributed by atoms with Crippen LogP contribution in [0.25, 0.3) is 11.1 Å². The van der Waals surface area contributed by atoms with Gasteiger partial charge in [0.2, 0.25) is 5.91 Å². The first kappa shape index (κ1) is 15.3. The topological polar surface area (TPSA) is 80.0 Å². The Bertz CT molecular complexity index is 616. The number of nitrogens with one attached hydrogen (secondary N) is 2. The zero-order valence-electron chi connectivity index (χ0n) is 12.4. The van der Waals surface area contributed by atoms with Gasteiger partial charge in [0.15, 0.2) is 0 Å². The molecule has 1 heterocycles. The lowest BCUT2D eigenvalue weighted by Crippen LogP contribution is -2.43. The molecular weight excluding hydrogens is 284 g/mol. The summed E-state index contributed by atoms with van der Waals surface area (Å²) in [5.74, 6) is 0.415. The van der Waals surface area contributed by atoms with Crippen molar-refractivity contribution in [3.05, 3.63) is 30.3 Å². The Hall–Kier alpha value is -2.08. The van der Waals surface area contributed by atoms with E-state index in [2.05, 4.69) is 15.0 Å². The molecule has 0 fully saturated rings. The van der Waals surface area contributed by atoms with E-state index in [1.807, 2.05) is 51.1 Å². The van der Waals surface area contributed by atoms with Crippen LogP contribution < -0.4 is 16.4 Å². The average molecular weight is 304 g/mol. The number of nitrogens with two attached hydrogens (primary N) is 1. The normalized spacial score (nSPS) is 11.2. The summed E-state index contributed by atoms with van der Waals surface area (Å²) in [6.45, 7) is 6.04. The number of aromatic nitrogens is 1. The maximum atomic E-state index is 11.9. The van der Waals surface area contributed by atoms with Gasteiger partial charge in [-0.25, -0.2) is 0 Å². The number of anilines is 2. The van der Waals surface area contributed by atoms with Crippen molar-refractivity contribution in [3.63, 3.8) is 0 Å². The molecule has 1 aromatic carbocycles. The first-order valence-corrected chi connectivity index (χ1v) is 7.49. The van der Waals surface area contributed by atoms with Crippen molar-refractivity contribution in [1.82, 2.24) is 9.69 Å². The van der Waals surface area contributed by atoms with Crippen LogP contribution in [-0.4, -0.2) is 22.4 Å². The van der Waals surface area contributed by atoms with Crippen LogP contribution in [-0.2, 0) is 4.79 Å². The van der Waals surface area contributed by atoms with Crippen molar-refractivity contribution in [2.45, 2.75) is 26.3 Å². The van der Waals surface area contributed by atoms with E-state index in [0.717, 1.165) is 16.1 Å². The third kappa shape index (κ3) is 4.19. The molecule has 0 unspecified atom stereocenters. The van der Waals surface area contributed by atoms with E-state index in [1.54, 1.807) is 0 Å². The summed E-state index contributed by atoms with van der Waals surface area (Å²) in [4.78, 5) is 11.9. The first-order chi connectivity index (χ1) is 9.87. The summed E-state index contributed by atoms with van der Waals surface area (Å²) < 4.78 is 4.17. The Labute approximate surface area is 128 Å². The van der Waals surface area contributed by atoms with Gasteiger partial charge in [-0.3, -0.25) is 4.79 Å². The van der Waals surface area contributed by atoms with E-state index in [0.29, 0.717) is 5.82 Å². The van der Waals surface area contributed by atoms with Gasteiger partial charge in [0.05, 0.1) is 12.1 Å². The molecule has 4 N–H and O–H groups in total. The number of benzene rings is 1. The zero-order chi connectivity index (χ0) is 15.5. The van der Waals surface area contributed by atoms with E-state index in [-0.39, 0.29) is 18.0 Å². The van der Waals surface area contributed by atoms with Crippen molar-refractivity contribution < 1.29 is 4.79 Å². The average Bonchev–Trinajstić information content (AvgIpc) is 2.76. The maximum Gasteiger partial charge on any atom is 0.239 e. The standard InChI is InChI=1S/C15H20N4OS/c1-15(2,3)18-11(20)9-17-14-12(13(16)19-21-14)10-7-5-4-6-8-10/h4-8,17H,9H2,1-3H3,(H2,16,19)(H,18,20). The van der Waals surface area contributed by atoms with Crippen LogP contribution in [0.5, 0.6) is 0 Å². The van der Waals surface area contributed by atoms with Crippen LogP contribution in [0.3, 0.4) is 0 Å². The second kappa shape index (κ2) is 6.13. The van der Waals surface area contributed by atoms with Crippen LogP contribution in [0, 0.1) is 0 Å². The van der Waals surface area contributed by atoms with Crippen molar-refractivity contribution in [3.8, 4) is 11.1 Å². The highest BCUT2D eigenvalue weighted by molar-refractivity contribution is 7.11. The summed E-state index contributed by atoms with van der Waals surface area (Å²) in [6.07, 6.45) is 0. The van der Waals surface area contributed by atoms with Gasteiger partial charge in [0, 0.05) is 5.54 Å². The van der Waals surface area contributed by atoms with E-state index >= 15 is 0 Å². The van der Waals surface area contributed by atoms with Gasteiger partial charge < -0.3 is 16.4 Å². The second-order valence-electron chi connectivity index (χ2n) is 5.79. The first-order valence-electron chi connectivity index (χ1n) is 6.72. The fourth-order valence-electron chi connectivity index (χ4n) is 1.93. The van der Waals surface area contributed by atoms with Crippen LogP contribution in [0.15, 0.2) is 30.3 Å². The summed E-state index contributed by atoms with van der Waals surface area (Å²) >= 11 is 1.26. The maximum absolute atomic E-state index is 11.9. The van der Waals surface area contributed by atoms with Crippen LogP contribution in [0.1, 0.15) is 20.8 Å². The molecule has 2 aromatic rings. The molecule has 5 nitrogen and oxygen atoms in total. The van der Waals surface area contributed by atoms with Gasteiger partial charge in [-0.1, -0.05) is 30.3 Å². The lowest BCUT2D eigenvalue weighted by Gasteiger charge is -2.20. The molecule has 2 rings (SSSR count). The minimum atomic E-state index is -0.242. The van der Waals surface area contributed by atoms with Crippen LogP contribution in [0.4, 0.5) is 10.8 Å². The highest BCUT2D eigenvalue weighted by Crippen LogP contribution is 2.36. The Morgan fingerprint density at radius 3 is 2.57 bits per heavy atom. The number of hydrogen-bond acceptors (Lipinski definition) is 5. The molecule has 0 atom stereocenters. The minimum absolute atomic E-state index is 0.0616. The van der Waals surface area contributed by atoms with Crippen molar-refractivity contribution in [2.24, 2.45) is 0 Å². The monoisotopic (exact) mass is 304 g/mol. The van der Waals surface area contributed by atoms with Crippen molar-refractivity contribution >= 4 is 28.3 Å². The molecular formula is C15H20N4OS. The highest BCUT2D eigenvalue weighted by atomic mass is 32.1. The van der Waals surface area contributed by atoms with E-state index in [1.165, 1.54) is 11.5 Å². The van der Waals surface area contributed by atoms with E-state index < -0.39 is 0 Å². The molecule has 0 saturated carbocycles. The summed E-state index contributed by atoms with van der Waals surface area (Å²) in [5.41, 5.74) is 7.54. The van der Waals surface area contributed by atoms with E-state index in [4.69, 9.17) is 5.73 Å². The summed E-state index contributed by atoms with van der Waals surface area (Å²) in [5, 5.41) is 6.83. The van der Waals surface area contributed by atoms with Gasteiger partial charge in [0.1, 0.15) is 10.8 Å². The van der Waals surface area contributed by atoms with Crippen molar-refractivity contribution in [1.29, 1.82) is 0 Å². The predicted octanol–water partition coefficient (Wildman–Crippen LogP) is 2.72. The number of hydrogen-bond donors (Lipinski definition) is 3. The third-order valence-corrected chi connectivity index (χ3v) is 3.52. The summed E-state index contributed by atoms with van der Waals surface area (Å²) in [6, 6.07) is 9.79. The molecule has 1 aromatic heterocycles. The van der Waals surface area contributed by atoms with Crippen LogP contribution in [0.2, 0.25) is 0 Å². The quantitative estimate of drug-likeness (QED) is 0.811. The van der Waals surface area contributed by atoms with Crippen molar-refractivity contribution in [2.75, 3.05) is 17.6 Å². The molecule has 112 valence electrons. The smallest absolute Gasteiger partial charge is 0.239 e. The molecule has 1 amide bonds. The molecule has 0 spiro atoms. The van der Waals surface area contributed by atoms with Gasteiger partial charge in [-0.05, 0) is 37.9 Å². The molecule has 0 aliphatic rings. The number of rotatable bonds is 4. The Kier molecular flexibility index (Phi) is 4.47. The lowest BCUT2D eigenvalue weighted by atomic mass is 10.1. The van der Waals surface area contributed by atoms with Gasteiger partial charge in [0.25, 0.3) is 0 Å². The fraction of sp³-hybridized carbons (Fsp3) is 0.333. The van der Waals surface area contributed by atoms with Gasteiger partial charge in [-0.15, -0.1) is 0 Å². The Morgan fingerprint density at radius 1 is 1.29 bits per heavy atom. The van der Waals surface area contributed by atoms with Crippen LogP contribution >= 0.6 is 11.5 Å². The number of nitrogen functional groups attached to an aromatic ring is 1. The number of carbonyl (C=O) groups is 1. The molecule has 0 aliphatic heterocycles. The third-order valence-electron chi connectivity index (χ3n) is 2.70. The number of amides is 1. The molecule has 0 saturated heterocycles. The minimum Gasteiger partial charge on any atom is -0.382 e. The zero-order valence-corrected chi connectivity index (χ0v) is 13.3. The molecule has 21 heavy (non-hydrogen) atoms. The highest BCUT2D eigenvalue weighted by Gasteiger charge is 2.16. The summed E-state index contributed by atoms with van der Waals surface area (Å²) in [7, 11) is 0. The van der Waals surface area contributed by atoms with E-state index in [9.17, 15) is 4.79 Å². The SMILES string of the molecule is CC(C)(C)NC(=O)CNc1snc(N)c1-c1ccccc1. The molecule has 0 radical (unpaired) electrons. The predicted molar refractivity (Wildman–Crippen MR) is 88.3 cm³/mol. The Morgan fingerprint density at radius 2 is 1.95 bits per heavy atom. The fourth-order valence-corrected chi connectivity index (χ4v) is 2.66. The number of carbonyl (C=O) groups excluding carboxylic acids is 1.